The van der Waals surface area contributed by atoms with E-state index in [2.05, 4.69) is 0 Å². The third-order valence-corrected chi connectivity index (χ3v) is 2.46. The molecule has 0 saturated carbocycles. The molecule has 0 aromatic heterocycles. The average Bonchev–Trinajstić information content (AvgIpc) is 2.16. The summed E-state index contributed by atoms with van der Waals surface area (Å²) in [7, 11) is 0. The Morgan fingerprint density at radius 2 is 1.50 bits per heavy atom. The minimum absolute atomic E-state index is 0.0490. The van der Waals surface area contributed by atoms with E-state index >= 15 is 0 Å². The number of hydrogen-bond acceptors (Lipinski definition) is 4. The van der Waals surface area contributed by atoms with E-state index in [1.165, 1.54) is 0 Å². The minimum atomic E-state index is -0.683. The lowest BCUT2D eigenvalue weighted by Crippen LogP contribution is -2.39. The van der Waals surface area contributed by atoms with Crippen LogP contribution in [0.15, 0.2) is 0 Å². The van der Waals surface area contributed by atoms with Crippen LogP contribution in [-0.4, -0.2) is 23.7 Å². The fourth-order valence-corrected chi connectivity index (χ4v) is 1.51. The standard InChI is InChI=1S/C12H24N2O2/c1-4-5-9(13)12(16)7-10(14)11(15)6-8(2)3/h8-10H,4-7,13-14H2,1-3H3. The number of carbonyl (C=O) groups excluding carboxylic acids is 2. The zero-order valence-corrected chi connectivity index (χ0v) is 10.5. The van der Waals surface area contributed by atoms with Gasteiger partial charge in [-0.2, -0.15) is 0 Å². The summed E-state index contributed by atoms with van der Waals surface area (Å²) in [5.41, 5.74) is 11.3. The summed E-state index contributed by atoms with van der Waals surface area (Å²) in [5.74, 6) is 0.122. The van der Waals surface area contributed by atoms with Gasteiger partial charge in [-0.05, 0) is 12.3 Å². The summed E-state index contributed by atoms with van der Waals surface area (Å²) in [6.45, 7) is 5.88. The van der Waals surface area contributed by atoms with Crippen molar-refractivity contribution in [3.05, 3.63) is 0 Å². The van der Waals surface area contributed by atoms with E-state index in [1.54, 1.807) is 0 Å². The predicted molar refractivity (Wildman–Crippen MR) is 64.9 cm³/mol. The molecule has 2 atom stereocenters. The molecule has 0 aliphatic rings. The Labute approximate surface area is 97.8 Å². The van der Waals surface area contributed by atoms with E-state index in [1.807, 2.05) is 20.8 Å². The Hall–Kier alpha value is -0.740. The van der Waals surface area contributed by atoms with Crippen LogP contribution in [0.4, 0.5) is 0 Å². The lowest BCUT2D eigenvalue weighted by atomic mass is 9.96. The summed E-state index contributed by atoms with van der Waals surface area (Å²) >= 11 is 0. The molecule has 0 aliphatic carbocycles. The Morgan fingerprint density at radius 1 is 1.00 bits per heavy atom. The SMILES string of the molecule is CCCC(N)C(=O)CC(N)C(=O)CC(C)C. The topological polar surface area (TPSA) is 86.2 Å². The van der Waals surface area contributed by atoms with Crippen LogP contribution in [0.2, 0.25) is 0 Å². The molecule has 0 bridgehead atoms. The molecule has 4 heteroatoms. The molecule has 0 spiro atoms. The van der Waals surface area contributed by atoms with Gasteiger partial charge in [-0.3, -0.25) is 9.59 Å². The first-order valence-corrected chi connectivity index (χ1v) is 5.95. The highest BCUT2D eigenvalue weighted by molar-refractivity contribution is 5.92. The van der Waals surface area contributed by atoms with Crippen LogP contribution in [0, 0.1) is 5.92 Å². The second-order valence-corrected chi connectivity index (χ2v) is 4.74. The number of ketones is 2. The number of Topliss-reactive ketones (excluding diaryl/α,β-unsaturated/α-hetero) is 2. The molecule has 0 aromatic carbocycles. The van der Waals surface area contributed by atoms with Gasteiger partial charge in [0.25, 0.3) is 0 Å². The molecule has 0 radical (unpaired) electrons. The van der Waals surface area contributed by atoms with Crippen LogP contribution in [0.3, 0.4) is 0 Å². The molecule has 2 unspecified atom stereocenters. The first kappa shape index (κ1) is 15.3. The Morgan fingerprint density at radius 3 is 1.94 bits per heavy atom. The minimum Gasteiger partial charge on any atom is -0.322 e. The molecule has 0 heterocycles. The first-order chi connectivity index (χ1) is 7.38. The van der Waals surface area contributed by atoms with E-state index in [0.29, 0.717) is 12.8 Å². The average molecular weight is 228 g/mol. The van der Waals surface area contributed by atoms with Gasteiger partial charge in [-0.25, -0.2) is 0 Å². The normalized spacial score (nSPS) is 14.9. The number of nitrogens with two attached hydrogens (primary N) is 2. The van der Waals surface area contributed by atoms with Crippen molar-refractivity contribution >= 4 is 11.6 Å². The molecule has 0 amide bonds. The third kappa shape index (κ3) is 5.98. The number of carbonyl (C=O) groups is 2. The van der Waals surface area contributed by atoms with Crippen molar-refractivity contribution in [3.63, 3.8) is 0 Å². The molecule has 4 nitrogen and oxygen atoms in total. The maximum Gasteiger partial charge on any atom is 0.151 e. The second-order valence-electron chi connectivity index (χ2n) is 4.74. The van der Waals surface area contributed by atoms with Crippen molar-refractivity contribution in [2.75, 3.05) is 0 Å². The van der Waals surface area contributed by atoms with E-state index in [0.717, 1.165) is 6.42 Å². The lowest BCUT2D eigenvalue weighted by Gasteiger charge is -2.14. The molecule has 0 rings (SSSR count). The van der Waals surface area contributed by atoms with Crippen LogP contribution < -0.4 is 11.5 Å². The largest absolute Gasteiger partial charge is 0.322 e. The lowest BCUT2D eigenvalue weighted by molar-refractivity contribution is -0.126. The van der Waals surface area contributed by atoms with Crippen LogP contribution in [-0.2, 0) is 9.59 Å². The van der Waals surface area contributed by atoms with Gasteiger partial charge < -0.3 is 11.5 Å². The summed E-state index contributed by atoms with van der Waals surface area (Å²) < 4.78 is 0. The monoisotopic (exact) mass is 228 g/mol. The van der Waals surface area contributed by atoms with Crippen molar-refractivity contribution < 1.29 is 9.59 Å². The molecule has 0 aliphatic heterocycles. The quantitative estimate of drug-likeness (QED) is 0.649. The van der Waals surface area contributed by atoms with Crippen LogP contribution >= 0.6 is 0 Å². The molecule has 4 N–H and O–H groups in total. The van der Waals surface area contributed by atoms with Gasteiger partial charge in [0.15, 0.2) is 5.78 Å². The Bertz CT molecular complexity index is 239. The third-order valence-electron chi connectivity index (χ3n) is 2.46. The van der Waals surface area contributed by atoms with Crippen molar-refractivity contribution in [3.8, 4) is 0 Å². The summed E-state index contributed by atoms with van der Waals surface area (Å²) in [4.78, 5) is 23.1. The van der Waals surface area contributed by atoms with Crippen molar-refractivity contribution in [1.29, 1.82) is 0 Å². The van der Waals surface area contributed by atoms with Crippen LogP contribution in [0.25, 0.3) is 0 Å². The van der Waals surface area contributed by atoms with Crippen molar-refractivity contribution in [2.45, 2.75) is 58.5 Å². The number of hydrogen-bond donors (Lipinski definition) is 2. The van der Waals surface area contributed by atoms with Gasteiger partial charge in [-0.1, -0.05) is 27.2 Å². The van der Waals surface area contributed by atoms with E-state index in [4.69, 9.17) is 11.5 Å². The van der Waals surface area contributed by atoms with Gasteiger partial charge >= 0.3 is 0 Å². The van der Waals surface area contributed by atoms with E-state index in [-0.39, 0.29) is 23.9 Å². The predicted octanol–water partition coefficient (Wildman–Crippen LogP) is 1.02. The summed E-state index contributed by atoms with van der Waals surface area (Å²) in [6, 6.07) is -1.15. The first-order valence-electron chi connectivity index (χ1n) is 5.95. The zero-order chi connectivity index (χ0) is 12.7. The van der Waals surface area contributed by atoms with Gasteiger partial charge in [0.1, 0.15) is 5.78 Å². The van der Waals surface area contributed by atoms with E-state index < -0.39 is 12.1 Å². The molecule has 0 fully saturated rings. The van der Waals surface area contributed by atoms with Gasteiger partial charge in [0.05, 0.1) is 12.1 Å². The maximum absolute atomic E-state index is 11.6. The van der Waals surface area contributed by atoms with Gasteiger partial charge in [0.2, 0.25) is 0 Å². The van der Waals surface area contributed by atoms with E-state index in [9.17, 15) is 9.59 Å². The molecule has 94 valence electrons. The molecule has 16 heavy (non-hydrogen) atoms. The maximum atomic E-state index is 11.6. The highest BCUT2D eigenvalue weighted by Crippen LogP contribution is 2.06. The summed E-state index contributed by atoms with van der Waals surface area (Å²) in [6.07, 6.45) is 2.02. The van der Waals surface area contributed by atoms with Crippen LogP contribution in [0.1, 0.15) is 46.5 Å². The zero-order valence-electron chi connectivity index (χ0n) is 10.5. The fraction of sp³-hybridized carbons (Fsp3) is 0.833. The highest BCUT2D eigenvalue weighted by atomic mass is 16.1. The molecule has 0 aromatic rings. The molecule has 0 saturated heterocycles. The number of rotatable bonds is 8. The summed E-state index contributed by atoms with van der Waals surface area (Å²) in [5, 5.41) is 0. The second kappa shape index (κ2) is 7.52. The Kier molecular flexibility index (Phi) is 7.17. The van der Waals surface area contributed by atoms with Crippen molar-refractivity contribution in [1.82, 2.24) is 0 Å². The van der Waals surface area contributed by atoms with Crippen molar-refractivity contribution in [2.24, 2.45) is 17.4 Å². The smallest absolute Gasteiger partial charge is 0.151 e. The molecular weight excluding hydrogens is 204 g/mol. The molecular formula is C12H24N2O2. The van der Waals surface area contributed by atoms with Gasteiger partial charge in [-0.15, -0.1) is 0 Å². The Balaban J connectivity index is 4.08. The van der Waals surface area contributed by atoms with Crippen LogP contribution in [0.5, 0.6) is 0 Å². The fourth-order valence-electron chi connectivity index (χ4n) is 1.51. The van der Waals surface area contributed by atoms with Gasteiger partial charge in [0, 0.05) is 12.8 Å². The highest BCUT2D eigenvalue weighted by Gasteiger charge is 2.21.